The number of hydrogen-bond acceptors (Lipinski definition) is 2. The van der Waals surface area contributed by atoms with Gasteiger partial charge in [0.1, 0.15) is 0 Å². The molecule has 0 heterocycles. The number of benzene rings is 3. The molecule has 3 rings (SSSR count). The molecule has 0 aliphatic heterocycles. The fraction of sp³-hybridized carbons (Fsp3) is 0. The Hall–Kier alpha value is -2.58. The minimum Gasteiger partial charge on any atom is -0.356 e. The summed E-state index contributed by atoms with van der Waals surface area (Å²) in [5.74, 6) is -0.0112. The molecule has 108 valence electrons. The third kappa shape index (κ3) is 3.35. The number of nitrogens with one attached hydrogen (secondary N) is 1. The molecule has 0 saturated carbocycles. The van der Waals surface area contributed by atoms with Gasteiger partial charge in [-0.05, 0) is 60.7 Å². The number of halogens is 1. The molecule has 0 aromatic heterocycles. The van der Waals surface area contributed by atoms with Gasteiger partial charge in [-0.3, -0.25) is 4.79 Å². The van der Waals surface area contributed by atoms with Crippen LogP contribution in [0.15, 0.2) is 78.9 Å². The van der Waals surface area contributed by atoms with E-state index in [1.54, 1.807) is 24.3 Å². The van der Waals surface area contributed by atoms with Crippen LogP contribution in [0, 0.1) is 0 Å². The van der Waals surface area contributed by atoms with Crippen LogP contribution < -0.4 is 5.32 Å². The normalized spacial score (nSPS) is 10.2. The maximum Gasteiger partial charge on any atom is 0.193 e. The van der Waals surface area contributed by atoms with Crippen LogP contribution in [-0.2, 0) is 0 Å². The Balaban J connectivity index is 1.76. The Bertz CT molecular complexity index is 765. The summed E-state index contributed by atoms with van der Waals surface area (Å²) in [4.78, 5) is 12.4. The number of rotatable bonds is 4. The van der Waals surface area contributed by atoms with E-state index < -0.39 is 0 Å². The number of hydrogen-bond donors (Lipinski definition) is 1. The average Bonchev–Trinajstić information content (AvgIpc) is 2.57. The monoisotopic (exact) mass is 307 g/mol. The predicted molar refractivity (Wildman–Crippen MR) is 91.1 cm³/mol. The smallest absolute Gasteiger partial charge is 0.193 e. The Morgan fingerprint density at radius 1 is 0.682 bits per heavy atom. The van der Waals surface area contributed by atoms with E-state index in [4.69, 9.17) is 11.6 Å². The molecule has 3 aromatic carbocycles. The van der Waals surface area contributed by atoms with Crippen molar-refractivity contribution in [3.63, 3.8) is 0 Å². The molecule has 0 aliphatic carbocycles. The molecule has 2 nitrogen and oxygen atoms in total. The minimum atomic E-state index is -0.0112. The van der Waals surface area contributed by atoms with Crippen LogP contribution in [0.4, 0.5) is 11.4 Å². The predicted octanol–water partition coefficient (Wildman–Crippen LogP) is 5.31. The van der Waals surface area contributed by atoms with Gasteiger partial charge in [-0.15, -0.1) is 0 Å². The maximum absolute atomic E-state index is 12.4. The van der Waals surface area contributed by atoms with Gasteiger partial charge in [-0.25, -0.2) is 0 Å². The van der Waals surface area contributed by atoms with Crippen LogP contribution in [0.1, 0.15) is 15.9 Å². The lowest BCUT2D eigenvalue weighted by Gasteiger charge is -2.07. The Kier molecular flexibility index (Phi) is 4.22. The third-order valence-electron chi connectivity index (χ3n) is 3.32. The fourth-order valence-corrected chi connectivity index (χ4v) is 2.29. The zero-order chi connectivity index (χ0) is 15.4. The topological polar surface area (TPSA) is 29.1 Å². The zero-order valence-corrected chi connectivity index (χ0v) is 12.5. The second-order valence-electron chi connectivity index (χ2n) is 4.90. The molecular weight excluding hydrogens is 294 g/mol. The maximum atomic E-state index is 12.4. The van der Waals surface area contributed by atoms with Crippen LogP contribution in [0.5, 0.6) is 0 Å². The van der Waals surface area contributed by atoms with Crippen molar-refractivity contribution >= 4 is 28.8 Å². The van der Waals surface area contributed by atoms with Gasteiger partial charge >= 0.3 is 0 Å². The number of carbonyl (C=O) groups is 1. The molecule has 0 bridgehead atoms. The number of para-hydroxylation sites is 1. The van der Waals surface area contributed by atoms with Gasteiger partial charge in [0, 0.05) is 27.5 Å². The molecule has 0 atom stereocenters. The van der Waals surface area contributed by atoms with E-state index in [0.29, 0.717) is 16.1 Å². The molecule has 0 aliphatic rings. The van der Waals surface area contributed by atoms with Crippen LogP contribution in [-0.4, -0.2) is 5.78 Å². The summed E-state index contributed by atoms with van der Waals surface area (Å²) in [6, 6.07) is 24.3. The van der Waals surface area contributed by atoms with E-state index >= 15 is 0 Å². The van der Waals surface area contributed by atoms with Crippen molar-refractivity contribution in [1.29, 1.82) is 0 Å². The van der Waals surface area contributed by atoms with Gasteiger partial charge in [0.05, 0.1) is 0 Å². The standard InChI is InChI=1S/C19H14ClNO/c20-16-10-6-14(7-11-16)19(22)15-8-12-18(13-9-15)21-17-4-2-1-3-5-17/h1-13,21H. The first-order valence-electron chi connectivity index (χ1n) is 6.95. The lowest BCUT2D eigenvalue weighted by molar-refractivity contribution is 0.103. The van der Waals surface area contributed by atoms with Crippen molar-refractivity contribution in [2.45, 2.75) is 0 Å². The first-order valence-corrected chi connectivity index (χ1v) is 7.32. The summed E-state index contributed by atoms with van der Waals surface area (Å²) in [6.45, 7) is 0. The van der Waals surface area contributed by atoms with Crippen LogP contribution >= 0.6 is 11.6 Å². The first kappa shape index (κ1) is 14.4. The third-order valence-corrected chi connectivity index (χ3v) is 3.57. The van der Waals surface area contributed by atoms with Crippen molar-refractivity contribution in [3.05, 3.63) is 95.0 Å². The molecule has 0 radical (unpaired) electrons. The summed E-state index contributed by atoms with van der Waals surface area (Å²) in [7, 11) is 0. The highest BCUT2D eigenvalue weighted by atomic mass is 35.5. The second-order valence-corrected chi connectivity index (χ2v) is 5.34. The molecule has 0 unspecified atom stereocenters. The van der Waals surface area contributed by atoms with E-state index in [1.165, 1.54) is 0 Å². The first-order chi connectivity index (χ1) is 10.7. The quantitative estimate of drug-likeness (QED) is 0.661. The molecule has 3 aromatic rings. The highest BCUT2D eigenvalue weighted by Crippen LogP contribution is 2.19. The van der Waals surface area contributed by atoms with Gasteiger partial charge < -0.3 is 5.32 Å². The van der Waals surface area contributed by atoms with Crippen molar-refractivity contribution in [2.75, 3.05) is 5.32 Å². The van der Waals surface area contributed by atoms with Crippen molar-refractivity contribution in [2.24, 2.45) is 0 Å². The minimum absolute atomic E-state index is 0.0112. The highest BCUT2D eigenvalue weighted by molar-refractivity contribution is 6.30. The lowest BCUT2D eigenvalue weighted by atomic mass is 10.0. The summed E-state index contributed by atoms with van der Waals surface area (Å²) in [5, 5.41) is 3.91. The zero-order valence-electron chi connectivity index (χ0n) is 11.8. The number of anilines is 2. The van der Waals surface area contributed by atoms with Crippen LogP contribution in [0.25, 0.3) is 0 Å². The van der Waals surface area contributed by atoms with Gasteiger partial charge in [0.2, 0.25) is 0 Å². The van der Waals surface area contributed by atoms with Crippen LogP contribution in [0.2, 0.25) is 5.02 Å². The summed E-state index contributed by atoms with van der Waals surface area (Å²) in [6.07, 6.45) is 0. The molecule has 22 heavy (non-hydrogen) atoms. The molecule has 1 N–H and O–H groups in total. The molecule has 0 amide bonds. The van der Waals surface area contributed by atoms with E-state index in [0.717, 1.165) is 11.4 Å². The highest BCUT2D eigenvalue weighted by Gasteiger charge is 2.08. The Labute approximate surface area is 134 Å². The van der Waals surface area contributed by atoms with E-state index in [1.807, 2.05) is 54.6 Å². The molecule has 0 fully saturated rings. The Morgan fingerprint density at radius 2 is 1.18 bits per heavy atom. The summed E-state index contributed by atoms with van der Waals surface area (Å²) >= 11 is 5.84. The second kappa shape index (κ2) is 6.46. The summed E-state index contributed by atoms with van der Waals surface area (Å²) in [5.41, 5.74) is 3.24. The number of carbonyl (C=O) groups excluding carboxylic acids is 1. The van der Waals surface area contributed by atoms with Gasteiger partial charge in [0.15, 0.2) is 5.78 Å². The van der Waals surface area contributed by atoms with E-state index in [9.17, 15) is 4.79 Å². The fourth-order valence-electron chi connectivity index (χ4n) is 2.16. The van der Waals surface area contributed by atoms with Crippen LogP contribution in [0.3, 0.4) is 0 Å². The average molecular weight is 308 g/mol. The van der Waals surface area contributed by atoms with Gasteiger partial charge in [-0.2, -0.15) is 0 Å². The van der Waals surface area contributed by atoms with Gasteiger partial charge in [0.25, 0.3) is 0 Å². The largest absolute Gasteiger partial charge is 0.356 e. The van der Waals surface area contributed by atoms with Crippen molar-refractivity contribution < 1.29 is 4.79 Å². The molecule has 0 spiro atoms. The number of ketones is 1. The van der Waals surface area contributed by atoms with Gasteiger partial charge in [-0.1, -0.05) is 29.8 Å². The SMILES string of the molecule is O=C(c1ccc(Cl)cc1)c1ccc(Nc2ccccc2)cc1. The lowest BCUT2D eigenvalue weighted by Crippen LogP contribution is -2.01. The van der Waals surface area contributed by atoms with E-state index in [2.05, 4.69) is 5.32 Å². The Morgan fingerprint density at radius 3 is 1.77 bits per heavy atom. The summed E-state index contributed by atoms with van der Waals surface area (Å²) < 4.78 is 0. The van der Waals surface area contributed by atoms with E-state index in [-0.39, 0.29) is 5.78 Å². The molecule has 0 saturated heterocycles. The molecule has 3 heteroatoms. The van der Waals surface area contributed by atoms with Crippen molar-refractivity contribution in [3.8, 4) is 0 Å². The van der Waals surface area contributed by atoms with Crippen molar-refractivity contribution in [1.82, 2.24) is 0 Å². The molecular formula is C19H14ClNO.